The standard InChI is InChI=1S/C20H18N2O5/c1-2-26-15-10-11-17(18(12-15)22(24)25)21-20(23)13-27-19-9-5-7-14-6-3-4-8-16(14)19/h3-12H,2,13H2,1H3,(H,21,23). The number of rotatable bonds is 7. The molecule has 0 heterocycles. The van der Waals surface area contributed by atoms with Gasteiger partial charge in [-0.3, -0.25) is 14.9 Å². The van der Waals surface area contributed by atoms with Crippen molar-refractivity contribution in [1.29, 1.82) is 0 Å². The number of carbonyl (C=O) groups is 1. The van der Waals surface area contributed by atoms with Gasteiger partial charge in [0.15, 0.2) is 6.61 Å². The average molecular weight is 366 g/mol. The van der Waals surface area contributed by atoms with Crippen molar-refractivity contribution in [2.45, 2.75) is 6.92 Å². The van der Waals surface area contributed by atoms with Gasteiger partial charge in [0.05, 0.1) is 17.6 Å². The zero-order valence-corrected chi connectivity index (χ0v) is 14.7. The highest BCUT2D eigenvalue weighted by molar-refractivity contribution is 5.95. The minimum absolute atomic E-state index is 0.0926. The van der Waals surface area contributed by atoms with E-state index >= 15 is 0 Å². The van der Waals surface area contributed by atoms with Crippen LogP contribution in [-0.4, -0.2) is 24.0 Å². The van der Waals surface area contributed by atoms with Crippen LogP contribution in [0.5, 0.6) is 11.5 Å². The first-order chi connectivity index (χ1) is 13.1. The molecule has 7 nitrogen and oxygen atoms in total. The van der Waals surface area contributed by atoms with Crippen molar-refractivity contribution < 1.29 is 19.2 Å². The summed E-state index contributed by atoms with van der Waals surface area (Å²) in [5.74, 6) is 0.453. The van der Waals surface area contributed by atoms with E-state index in [1.807, 2.05) is 36.4 Å². The second-order valence-corrected chi connectivity index (χ2v) is 5.68. The molecule has 0 saturated heterocycles. The highest BCUT2D eigenvalue weighted by atomic mass is 16.6. The van der Waals surface area contributed by atoms with Crippen LogP contribution in [0.4, 0.5) is 11.4 Å². The number of ether oxygens (including phenoxy) is 2. The van der Waals surface area contributed by atoms with Gasteiger partial charge in [0, 0.05) is 5.39 Å². The molecule has 0 aliphatic rings. The zero-order chi connectivity index (χ0) is 19.2. The third kappa shape index (κ3) is 4.33. The highest BCUT2D eigenvalue weighted by Gasteiger charge is 2.17. The van der Waals surface area contributed by atoms with Crippen molar-refractivity contribution in [1.82, 2.24) is 0 Å². The molecule has 0 saturated carbocycles. The summed E-state index contributed by atoms with van der Waals surface area (Å²) in [7, 11) is 0. The Labute approximate surface area is 155 Å². The molecule has 3 aromatic rings. The van der Waals surface area contributed by atoms with Crippen molar-refractivity contribution in [2.75, 3.05) is 18.5 Å². The van der Waals surface area contributed by atoms with Gasteiger partial charge in [-0.15, -0.1) is 0 Å². The molecular weight excluding hydrogens is 348 g/mol. The number of benzene rings is 3. The fourth-order valence-electron chi connectivity index (χ4n) is 2.68. The molecule has 0 radical (unpaired) electrons. The van der Waals surface area contributed by atoms with E-state index in [1.54, 1.807) is 19.1 Å². The molecule has 3 aromatic carbocycles. The maximum absolute atomic E-state index is 12.2. The van der Waals surface area contributed by atoms with Gasteiger partial charge in [-0.25, -0.2) is 0 Å². The number of hydrogen-bond acceptors (Lipinski definition) is 5. The van der Waals surface area contributed by atoms with Crippen LogP contribution >= 0.6 is 0 Å². The molecule has 0 aromatic heterocycles. The van der Waals surface area contributed by atoms with Gasteiger partial charge in [-0.2, -0.15) is 0 Å². The first-order valence-corrected chi connectivity index (χ1v) is 8.40. The van der Waals surface area contributed by atoms with Gasteiger partial charge in [0.2, 0.25) is 0 Å². The lowest BCUT2D eigenvalue weighted by Gasteiger charge is -2.11. The Balaban J connectivity index is 1.71. The molecule has 1 amide bonds. The quantitative estimate of drug-likeness (QED) is 0.501. The molecule has 0 spiro atoms. The Morgan fingerprint density at radius 2 is 1.85 bits per heavy atom. The molecule has 7 heteroatoms. The summed E-state index contributed by atoms with van der Waals surface area (Å²) in [6, 6.07) is 17.5. The summed E-state index contributed by atoms with van der Waals surface area (Å²) >= 11 is 0. The van der Waals surface area contributed by atoms with Crippen LogP contribution in [0.15, 0.2) is 60.7 Å². The normalized spacial score (nSPS) is 10.4. The molecule has 0 aliphatic heterocycles. The molecule has 138 valence electrons. The van der Waals surface area contributed by atoms with Crippen LogP contribution in [0, 0.1) is 10.1 Å². The number of nitro groups is 1. The number of carbonyl (C=O) groups excluding carboxylic acids is 1. The maximum Gasteiger partial charge on any atom is 0.296 e. The van der Waals surface area contributed by atoms with Gasteiger partial charge >= 0.3 is 0 Å². The van der Waals surface area contributed by atoms with E-state index in [-0.39, 0.29) is 18.0 Å². The van der Waals surface area contributed by atoms with Crippen LogP contribution in [0.25, 0.3) is 10.8 Å². The van der Waals surface area contributed by atoms with Gasteiger partial charge < -0.3 is 14.8 Å². The van der Waals surface area contributed by atoms with Gasteiger partial charge in [-0.1, -0.05) is 36.4 Å². The maximum atomic E-state index is 12.2. The van der Waals surface area contributed by atoms with Crippen LogP contribution in [0.3, 0.4) is 0 Å². The monoisotopic (exact) mass is 366 g/mol. The van der Waals surface area contributed by atoms with E-state index in [0.717, 1.165) is 10.8 Å². The van der Waals surface area contributed by atoms with Crippen molar-refractivity contribution in [3.63, 3.8) is 0 Å². The number of anilines is 1. The summed E-state index contributed by atoms with van der Waals surface area (Å²) in [5.41, 5.74) is -0.144. The summed E-state index contributed by atoms with van der Waals surface area (Å²) in [6.45, 7) is 1.91. The molecule has 1 N–H and O–H groups in total. The van der Waals surface area contributed by atoms with Crippen LogP contribution in [-0.2, 0) is 4.79 Å². The number of fused-ring (bicyclic) bond motifs is 1. The van der Waals surface area contributed by atoms with E-state index in [4.69, 9.17) is 9.47 Å². The third-order valence-corrected chi connectivity index (χ3v) is 3.86. The summed E-state index contributed by atoms with van der Waals surface area (Å²) < 4.78 is 10.9. The number of hydrogen-bond donors (Lipinski definition) is 1. The van der Waals surface area contributed by atoms with Crippen molar-refractivity contribution in [3.8, 4) is 11.5 Å². The van der Waals surface area contributed by atoms with Crippen molar-refractivity contribution in [2.24, 2.45) is 0 Å². The fraction of sp³-hybridized carbons (Fsp3) is 0.150. The number of nitrogens with zero attached hydrogens (tertiary/aromatic N) is 1. The largest absolute Gasteiger partial charge is 0.494 e. The molecular formula is C20H18N2O5. The van der Waals surface area contributed by atoms with E-state index in [9.17, 15) is 14.9 Å². The average Bonchev–Trinajstić information content (AvgIpc) is 2.67. The van der Waals surface area contributed by atoms with E-state index in [0.29, 0.717) is 18.1 Å². The molecule has 0 atom stereocenters. The smallest absolute Gasteiger partial charge is 0.296 e. The first kappa shape index (κ1) is 18.2. The van der Waals surface area contributed by atoms with Gasteiger partial charge in [-0.05, 0) is 30.5 Å². The molecule has 0 fully saturated rings. The molecule has 0 aliphatic carbocycles. The number of amides is 1. The second kappa shape index (κ2) is 8.18. The molecule has 3 rings (SSSR count). The van der Waals surface area contributed by atoms with Gasteiger partial charge in [0.1, 0.15) is 17.2 Å². The predicted octanol–water partition coefficient (Wildman–Crippen LogP) is 4.16. The Kier molecular flexibility index (Phi) is 5.51. The first-order valence-electron chi connectivity index (χ1n) is 8.40. The summed E-state index contributed by atoms with van der Waals surface area (Å²) in [4.78, 5) is 22.9. The topological polar surface area (TPSA) is 90.7 Å². The second-order valence-electron chi connectivity index (χ2n) is 5.68. The lowest BCUT2D eigenvalue weighted by molar-refractivity contribution is -0.384. The number of nitrogens with one attached hydrogen (secondary N) is 1. The lowest BCUT2D eigenvalue weighted by Crippen LogP contribution is -2.20. The SMILES string of the molecule is CCOc1ccc(NC(=O)COc2cccc3ccccc23)c([N+](=O)[O-])c1. The summed E-state index contributed by atoms with van der Waals surface area (Å²) in [6.07, 6.45) is 0. The lowest BCUT2D eigenvalue weighted by atomic mass is 10.1. The minimum Gasteiger partial charge on any atom is -0.494 e. The minimum atomic E-state index is -0.566. The Morgan fingerprint density at radius 1 is 1.07 bits per heavy atom. The van der Waals surface area contributed by atoms with E-state index < -0.39 is 10.8 Å². The van der Waals surface area contributed by atoms with Crippen LogP contribution < -0.4 is 14.8 Å². The molecule has 0 unspecified atom stereocenters. The van der Waals surface area contributed by atoms with E-state index in [2.05, 4.69) is 5.32 Å². The van der Waals surface area contributed by atoms with E-state index in [1.165, 1.54) is 12.1 Å². The third-order valence-electron chi connectivity index (χ3n) is 3.86. The van der Waals surface area contributed by atoms with Crippen molar-refractivity contribution >= 4 is 28.1 Å². The van der Waals surface area contributed by atoms with Crippen LogP contribution in [0.1, 0.15) is 6.92 Å². The highest BCUT2D eigenvalue weighted by Crippen LogP contribution is 2.29. The van der Waals surface area contributed by atoms with Crippen LogP contribution in [0.2, 0.25) is 0 Å². The zero-order valence-electron chi connectivity index (χ0n) is 14.7. The van der Waals surface area contributed by atoms with Crippen molar-refractivity contribution in [3.05, 3.63) is 70.8 Å². The fourth-order valence-corrected chi connectivity index (χ4v) is 2.68. The molecule has 27 heavy (non-hydrogen) atoms. The Bertz CT molecular complexity index is 982. The Hall–Kier alpha value is -3.61. The Morgan fingerprint density at radius 3 is 2.63 bits per heavy atom. The summed E-state index contributed by atoms with van der Waals surface area (Å²) in [5, 5.41) is 15.7. The predicted molar refractivity (Wildman–Crippen MR) is 102 cm³/mol. The molecule has 0 bridgehead atoms. The van der Waals surface area contributed by atoms with Gasteiger partial charge in [0.25, 0.3) is 11.6 Å². The number of nitro benzene ring substituents is 1.